The Labute approximate surface area is 147 Å². The second kappa shape index (κ2) is 6.78. The van der Waals surface area contributed by atoms with Gasteiger partial charge < -0.3 is 15.4 Å². The van der Waals surface area contributed by atoms with Crippen molar-refractivity contribution < 1.29 is 13.3 Å². The van der Waals surface area contributed by atoms with Crippen molar-refractivity contribution in [1.82, 2.24) is 14.1 Å². The largest absolute Gasteiger partial charge is 0.372 e. The van der Waals surface area contributed by atoms with Crippen LogP contribution in [0.5, 0.6) is 0 Å². The standard InChI is InChI=1S/C14H15N5O4S2/c1-15-25(22,23)9-11-4-2-10(3-5-11)8-16-12-13(19(20)21)18-6-7-24-14(18)17-12/h2-7,15-16H,8-9H2,1H3. The molecule has 0 fully saturated rings. The van der Waals surface area contributed by atoms with Gasteiger partial charge in [0.1, 0.15) is 6.20 Å². The first kappa shape index (κ1) is 17.3. The number of nitro groups is 1. The first-order chi connectivity index (χ1) is 11.9. The minimum absolute atomic E-state index is 0.0972. The maximum absolute atomic E-state index is 11.5. The van der Waals surface area contributed by atoms with Gasteiger partial charge in [-0.3, -0.25) is 0 Å². The SMILES string of the molecule is CNS(=O)(=O)Cc1ccc(CNc2nc3sccn3c2[N+](=O)[O-])cc1. The lowest BCUT2D eigenvalue weighted by Crippen LogP contribution is -2.20. The molecule has 11 heteroatoms. The summed E-state index contributed by atoms with van der Waals surface area (Å²) in [5, 5.41) is 16.0. The highest BCUT2D eigenvalue weighted by atomic mass is 32.2. The van der Waals surface area contributed by atoms with Gasteiger partial charge in [-0.1, -0.05) is 35.6 Å². The third-order valence-corrected chi connectivity index (χ3v) is 5.65. The Morgan fingerprint density at radius 3 is 2.60 bits per heavy atom. The van der Waals surface area contributed by atoms with Crippen molar-refractivity contribution in [2.75, 3.05) is 12.4 Å². The first-order valence-corrected chi connectivity index (χ1v) is 9.75. The molecule has 3 aromatic rings. The van der Waals surface area contributed by atoms with E-state index in [-0.39, 0.29) is 17.4 Å². The lowest BCUT2D eigenvalue weighted by Gasteiger charge is -2.06. The molecule has 0 atom stereocenters. The van der Waals surface area contributed by atoms with Crippen LogP contribution in [0, 0.1) is 10.1 Å². The minimum Gasteiger partial charge on any atom is -0.359 e. The molecule has 0 unspecified atom stereocenters. The quantitative estimate of drug-likeness (QED) is 0.477. The van der Waals surface area contributed by atoms with Gasteiger partial charge in [-0.25, -0.2) is 13.1 Å². The van der Waals surface area contributed by atoms with Crippen LogP contribution in [-0.4, -0.2) is 29.8 Å². The van der Waals surface area contributed by atoms with Gasteiger partial charge in [-0.05, 0) is 23.1 Å². The van der Waals surface area contributed by atoms with E-state index in [1.165, 1.54) is 22.8 Å². The van der Waals surface area contributed by atoms with Crippen molar-refractivity contribution >= 4 is 38.0 Å². The third-order valence-electron chi connectivity index (χ3n) is 3.56. The van der Waals surface area contributed by atoms with E-state index in [1.807, 2.05) is 0 Å². The van der Waals surface area contributed by atoms with Crippen LogP contribution in [-0.2, 0) is 22.3 Å². The Bertz CT molecular complexity index is 1010. The molecule has 0 aliphatic heterocycles. The average Bonchev–Trinajstić information content (AvgIpc) is 3.14. The second-order valence-electron chi connectivity index (χ2n) is 5.23. The zero-order valence-corrected chi connectivity index (χ0v) is 14.8. The van der Waals surface area contributed by atoms with Crippen LogP contribution >= 0.6 is 11.3 Å². The lowest BCUT2D eigenvalue weighted by molar-refractivity contribution is -0.389. The second-order valence-corrected chi connectivity index (χ2v) is 8.03. The first-order valence-electron chi connectivity index (χ1n) is 7.22. The number of sulfonamides is 1. The van der Waals surface area contributed by atoms with Gasteiger partial charge in [-0.15, -0.1) is 0 Å². The van der Waals surface area contributed by atoms with Crippen molar-refractivity contribution in [2.45, 2.75) is 12.3 Å². The van der Waals surface area contributed by atoms with Crippen LogP contribution in [0.15, 0.2) is 35.8 Å². The van der Waals surface area contributed by atoms with E-state index in [1.54, 1.807) is 35.8 Å². The number of benzene rings is 1. The van der Waals surface area contributed by atoms with Crippen molar-refractivity contribution in [1.29, 1.82) is 0 Å². The van der Waals surface area contributed by atoms with E-state index in [9.17, 15) is 18.5 Å². The highest BCUT2D eigenvalue weighted by molar-refractivity contribution is 7.88. The third kappa shape index (κ3) is 3.78. The summed E-state index contributed by atoms with van der Waals surface area (Å²) >= 11 is 1.32. The Morgan fingerprint density at radius 1 is 1.28 bits per heavy atom. The summed E-state index contributed by atoms with van der Waals surface area (Å²) in [5.74, 6) is 0.00618. The number of nitrogens with zero attached hydrogens (tertiary/aromatic N) is 3. The van der Waals surface area contributed by atoms with Crippen LogP contribution in [0.4, 0.5) is 11.6 Å². The molecule has 0 saturated heterocycles. The smallest absolute Gasteiger partial charge is 0.359 e. The topological polar surface area (TPSA) is 119 Å². The zero-order valence-electron chi connectivity index (χ0n) is 13.2. The average molecular weight is 381 g/mol. The van der Waals surface area contributed by atoms with E-state index < -0.39 is 14.9 Å². The Balaban J connectivity index is 1.73. The normalized spacial score (nSPS) is 11.7. The fraction of sp³-hybridized carbons (Fsp3) is 0.214. The van der Waals surface area contributed by atoms with E-state index >= 15 is 0 Å². The van der Waals surface area contributed by atoms with Crippen LogP contribution in [0.3, 0.4) is 0 Å². The molecule has 2 aromatic heterocycles. The molecule has 0 radical (unpaired) electrons. The fourth-order valence-corrected chi connectivity index (χ4v) is 3.78. The molecule has 25 heavy (non-hydrogen) atoms. The van der Waals surface area contributed by atoms with Crippen LogP contribution in [0.1, 0.15) is 11.1 Å². The number of thiazole rings is 1. The highest BCUT2D eigenvalue weighted by Crippen LogP contribution is 2.28. The summed E-state index contributed by atoms with van der Waals surface area (Å²) in [7, 11) is -1.95. The molecule has 0 bridgehead atoms. The zero-order chi connectivity index (χ0) is 18.0. The number of hydrogen-bond acceptors (Lipinski definition) is 7. The van der Waals surface area contributed by atoms with Gasteiger partial charge in [0.2, 0.25) is 15.8 Å². The monoisotopic (exact) mass is 381 g/mol. The van der Waals surface area contributed by atoms with E-state index in [0.29, 0.717) is 17.1 Å². The van der Waals surface area contributed by atoms with Crippen LogP contribution in [0.25, 0.3) is 4.96 Å². The number of rotatable bonds is 7. The fourth-order valence-electron chi connectivity index (χ4n) is 2.30. The molecule has 2 N–H and O–H groups in total. The summed E-state index contributed by atoms with van der Waals surface area (Å²) in [5.41, 5.74) is 1.52. The number of aromatic nitrogens is 2. The van der Waals surface area contributed by atoms with Crippen molar-refractivity contribution in [3.63, 3.8) is 0 Å². The van der Waals surface area contributed by atoms with Gasteiger partial charge in [0.15, 0.2) is 0 Å². The van der Waals surface area contributed by atoms with Gasteiger partial charge in [0, 0.05) is 11.9 Å². The molecule has 3 rings (SSSR count). The predicted octanol–water partition coefficient (Wildman–Crippen LogP) is 1.97. The molecule has 9 nitrogen and oxygen atoms in total. The Kier molecular flexibility index (Phi) is 4.70. The molecule has 2 heterocycles. The number of imidazole rings is 1. The van der Waals surface area contributed by atoms with Gasteiger partial charge >= 0.3 is 5.82 Å². The maximum Gasteiger partial charge on any atom is 0.372 e. The van der Waals surface area contributed by atoms with E-state index in [2.05, 4.69) is 15.0 Å². The van der Waals surface area contributed by atoms with Gasteiger partial charge in [0.05, 0.1) is 5.75 Å². The van der Waals surface area contributed by atoms with E-state index in [0.717, 1.165) is 5.56 Å². The molecule has 132 valence electrons. The van der Waals surface area contributed by atoms with Crippen LogP contribution < -0.4 is 10.0 Å². The summed E-state index contributed by atoms with van der Waals surface area (Å²) in [6.45, 7) is 0.338. The van der Waals surface area contributed by atoms with Crippen molar-refractivity contribution in [2.24, 2.45) is 0 Å². The summed E-state index contributed by atoms with van der Waals surface area (Å²) in [6.07, 6.45) is 1.60. The number of hydrogen-bond donors (Lipinski definition) is 2. The Hall–Kier alpha value is -2.50. The van der Waals surface area contributed by atoms with Crippen LogP contribution in [0.2, 0.25) is 0 Å². The molecular weight excluding hydrogens is 366 g/mol. The van der Waals surface area contributed by atoms with Gasteiger partial charge in [0.25, 0.3) is 4.96 Å². The molecule has 0 aliphatic rings. The van der Waals surface area contributed by atoms with E-state index in [4.69, 9.17) is 0 Å². The predicted molar refractivity (Wildman–Crippen MR) is 95.2 cm³/mol. The van der Waals surface area contributed by atoms with Crippen molar-refractivity contribution in [3.05, 3.63) is 57.1 Å². The summed E-state index contributed by atoms with van der Waals surface area (Å²) < 4.78 is 26.8. The number of fused-ring (bicyclic) bond motifs is 1. The number of anilines is 1. The van der Waals surface area contributed by atoms with Crippen molar-refractivity contribution in [3.8, 4) is 0 Å². The molecule has 1 aromatic carbocycles. The molecule has 0 spiro atoms. The Morgan fingerprint density at radius 2 is 1.96 bits per heavy atom. The van der Waals surface area contributed by atoms with Gasteiger partial charge in [-0.2, -0.15) is 9.38 Å². The molecular formula is C14H15N5O4S2. The summed E-state index contributed by atoms with van der Waals surface area (Å²) in [4.78, 5) is 15.6. The molecule has 0 aliphatic carbocycles. The molecule has 0 saturated carbocycles. The highest BCUT2D eigenvalue weighted by Gasteiger charge is 2.23. The minimum atomic E-state index is -3.32. The number of nitrogens with one attached hydrogen (secondary N) is 2. The summed E-state index contributed by atoms with van der Waals surface area (Å²) in [6, 6.07) is 6.98. The molecule has 0 amide bonds. The maximum atomic E-state index is 11.5. The lowest BCUT2D eigenvalue weighted by atomic mass is 10.1.